The van der Waals surface area contributed by atoms with E-state index in [9.17, 15) is 9.59 Å². The van der Waals surface area contributed by atoms with E-state index in [4.69, 9.17) is 4.74 Å². The van der Waals surface area contributed by atoms with Crippen LogP contribution < -0.4 is 5.32 Å². The summed E-state index contributed by atoms with van der Waals surface area (Å²) in [6.07, 6.45) is 2.71. The first kappa shape index (κ1) is 24.5. The number of rotatable bonds is 10. The molecule has 31 heavy (non-hydrogen) atoms. The summed E-state index contributed by atoms with van der Waals surface area (Å²) in [5, 5.41) is 2.98. The number of nitrogens with zero attached hydrogens (tertiary/aromatic N) is 3. The van der Waals surface area contributed by atoms with E-state index in [0.29, 0.717) is 19.7 Å². The van der Waals surface area contributed by atoms with Gasteiger partial charge < -0.3 is 24.4 Å². The molecule has 1 heterocycles. The largest absolute Gasteiger partial charge is 0.383 e. The van der Waals surface area contributed by atoms with E-state index in [2.05, 4.69) is 5.32 Å². The number of amides is 3. The summed E-state index contributed by atoms with van der Waals surface area (Å²) in [5.41, 5.74) is 3.92. The Labute approximate surface area is 186 Å². The topological polar surface area (TPSA) is 66.8 Å². The van der Waals surface area contributed by atoms with Crippen molar-refractivity contribution in [3.05, 3.63) is 53.3 Å². The van der Waals surface area contributed by atoms with E-state index in [1.54, 1.807) is 16.9 Å². The second kappa shape index (κ2) is 11.6. The van der Waals surface area contributed by atoms with Gasteiger partial charge in [0.2, 0.25) is 5.91 Å². The lowest BCUT2D eigenvalue weighted by Crippen LogP contribution is -2.48. The van der Waals surface area contributed by atoms with Gasteiger partial charge in [-0.05, 0) is 51.0 Å². The Balaban J connectivity index is 2.16. The fourth-order valence-corrected chi connectivity index (χ4v) is 3.38. The fourth-order valence-electron chi connectivity index (χ4n) is 3.38. The molecule has 3 amide bonds. The van der Waals surface area contributed by atoms with Crippen LogP contribution in [0.3, 0.4) is 0 Å². The molecule has 0 aliphatic carbocycles. The zero-order chi connectivity index (χ0) is 23.0. The molecule has 0 fully saturated rings. The Hall–Kier alpha value is -2.80. The summed E-state index contributed by atoms with van der Waals surface area (Å²) in [4.78, 5) is 29.7. The van der Waals surface area contributed by atoms with Crippen molar-refractivity contribution in [2.24, 2.45) is 7.05 Å². The van der Waals surface area contributed by atoms with Gasteiger partial charge in [-0.3, -0.25) is 4.79 Å². The Morgan fingerprint density at radius 3 is 2.55 bits per heavy atom. The van der Waals surface area contributed by atoms with Crippen molar-refractivity contribution in [3.63, 3.8) is 0 Å². The maximum Gasteiger partial charge on any atom is 0.322 e. The highest BCUT2D eigenvalue weighted by Crippen LogP contribution is 2.18. The van der Waals surface area contributed by atoms with Gasteiger partial charge in [-0.1, -0.05) is 24.6 Å². The quantitative estimate of drug-likeness (QED) is 0.623. The Morgan fingerprint density at radius 2 is 1.97 bits per heavy atom. The van der Waals surface area contributed by atoms with Crippen molar-refractivity contribution in [2.75, 3.05) is 32.1 Å². The lowest BCUT2D eigenvalue weighted by Gasteiger charge is -2.31. The molecule has 1 aromatic carbocycles. The number of benzene rings is 1. The van der Waals surface area contributed by atoms with Crippen LogP contribution in [-0.4, -0.2) is 59.2 Å². The van der Waals surface area contributed by atoms with Gasteiger partial charge in [-0.2, -0.15) is 0 Å². The number of methoxy groups -OCH3 is 1. The standard InChI is InChI=1S/C24H36N4O3/c1-7-20(4)28(24(30)25-22-11-10-18(2)15-19(22)3)17-23(29)27(13-14-31-6)16-21-9-8-12-26(21)5/h8-12,15,20H,7,13-14,16-17H2,1-6H3,(H,25,30). The molecule has 0 saturated heterocycles. The summed E-state index contributed by atoms with van der Waals surface area (Å²) < 4.78 is 7.19. The van der Waals surface area contributed by atoms with Crippen molar-refractivity contribution in [3.8, 4) is 0 Å². The van der Waals surface area contributed by atoms with Gasteiger partial charge in [-0.25, -0.2) is 4.79 Å². The molecule has 0 spiro atoms. The third-order valence-electron chi connectivity index (χ3n) is 5.64. The lowest BCUT2D eigenvalue weighted by molar-refractivity contribution is -0.133. The molecule has 0 saturated carbocycles. The van der Waals surface area contributed by atoms with E-state index >= 15 is 0 Å². The highest BCUT2D eigenvalue weighted by molar-refractivity contribution is 5.93. The van der Waals surface area contributed by atoms with E-state index in [1.165, 1.54) is 0 Å². The molecule has 0 aliphatic heterocycles. The molecule has 1 atom stereocenters. The van der Waals surface area contributed by atoms with E-state index in [1.807, 2.05) is 75.8 Å². The number of carbonyl (C=O) groups is 2. The minimum absolute atomic E-state index is 0.0138. The second-order valence-corrected chi connectivity index (χ2v) is 8.05. The molecule has 0 aliphatic rings. The van der Waals surface area contributed by atoms with Gasteiger partial charge in [-0.15, -0.1) is 0 Å². The van der Waals surface area contributed by atoms with Crippen LogP contribution in [0.15, 0.2) is 36.5 Å². The lowest BCUT2D eigenvalue weighted by atomic mass is 10.1. The summed E-state index contributed by atoms with van der Waals surface area (Å²) in [6.45, 7) is 9.35. The number of ether oxygens (including phenoxy) is 1. The Bertz CT molecular complexity index is 877. The Kier molecular flexibility index (Phi) is 9.12. The van der Waals surface area contributed by atoms with Crippen molar-refractivity contribution in [1.29, 1.82) is 0 Å². The SMILES string of the molecule is CCC(C)N(CC(=O)N(CCOC)Cc1cccn1C)C(=O)Nc1ccc(C)cc1C. The maximum absolute atomic E-state index is 13.2. The van der Waals surface area contributed by atoms with Crippen molar-refractivity contribution in [1.82, 2.24) is 14.4 Å². The number of hydrogen-bond acceptors (Lipinski definition) is 3. The second-order valence-electron chi connectivity index (χ2n) is 8.05. The Morgan fingerprint density at radius 1 is 1.23 bits per heavy atom. The van der Waals surface area contributed by atoms with Crippen LogP contribution in [-0.2, 0) is 23.1 Å². The van der Waals surface area contributed by atoms with Gasteiger partial charge in [0.15, 0.2) is 0 Å². The summed E-state index contributed by atoms with van der Waals surface area (Å²) >= 11 is 0. The van der Waals surface area contributed by atoms with Gasteiger partial charge in [0.05, 0.1) is 13.2 Å². The molecule has 7 nitrogen and oxygen atoms in total. The molecule has 1 aromatic heterocycles. The molecule has 170 valence electrons. The molecule has 7 heteroatoms. The van der Waals surface area contributed by atoms with Crippen molar-refractivity contribution < 1.29 is 14.3 Å². The minimum Gasteiger partial charge on any atom is -0.383 e. The monoisotopic (exact) mass is 428 g/mol. The number of anilines is 1. The molecule has 1 N–H and O–H groups in total. The van der Waals surface area contributed by atoms with Crippen LogP contribution in [0.25, 0.3) is 0 Å². The molecular formula is C24H36N4O3. The van der Waals surface area contributed by atoms with Gasteiger partial charge in [0.1, 0.15) is 6.54 Å². The first-order valence-electron chi connectivity index (χ1n) is 10.8. The average Bonchev–Trinajstić information content (AvgIpc) is 3.14. The highest BCUT2D eigenvalue weighted by atomic mass is 16.5. The summed E-state index contributed by atoms with van der Waals surface area (Å²) in [7, 11) is 3.57. The smallest absolute Gasteiger partial charge is 0.322 e. The first-order valence-corrected chi connectivity index (χ1v) is 10.8. The van der Waals surface area contributed by atoms with E-state index in [-0.39, 0.29) is 24.5 Å². The molecule has 2 aromatic rings. The third kappa shape index (κ3) is 6.85. The molecule has 1 unspecified atom stereocenters. The van der Waals surface area contributed by atoms with Gasteiger partial charge in [0.25, 0.3) is 0 Å². The number of aromatic nitrogens is 1. The number of carbonyl (C=O) groups excluding carboxylic acids is 2. The molecule has 0 radical (unpaired) electrons. The zero-order valence-electron chi connectivity index (χ0n) is 19.6. The predicted molar refractivity (Wildman–Crippen MR) is 124 cm³/mol. The van der Waals surface area contributed by atoms with E-state index in [0.717, 1.165) is 28.9 Å². The van der Waals surface area contributed by atoms with Gasteiger partial charge in [0, 0.05) is 44.3 Å². The van der Waals surface area contributed by atoms with Crippen LogP contribution in [0.1, 0.15) is 37.1 Å². The maximum atomic E-state index is 13.2. The van der Waals surface area contributed by atoms with Crippen LogP contribution in [0.4, 0.5) is 10.5 Å². The average molecular weight is 429 g/mol. The number of aryl methyl sites for hydroxylation is 3. The van der Waals surface area contributed by atoms with Crippen molar-refractivity contribution >= 4 is 17.6 Å². The minimum atomic E-state index is -0.264. The van der Waals surface area contributed by atoms with Crippen LogP contribution >= 0.6 is 0 Å². The normalized spacial score (nSPS) is 11.8. The van der Waals surface area contributed by atoms with Crippen LogP contribution in [0, 0.1) is 13.8 Å². The highest BCUT2D eigenvalue weighted by Gasteiger charge is 2.25. The van der Waals surface area contributed by atoms with Crippen LogP contribution in [0.2, 0.25) is 0 Å². The first-order chi connectivity index (χ1) is 14.8. The zero-order valence-corrected chi connectivity index (χ0v) is 19.6. The number of nitrogens with one attached hydrogen (secondary N) is 1. The third-order valence-corrected chi connectivity index (χ3v) is 5.64. The van der Waals surface area contributed by atoms with Gasteiger partial charge >= 0.3 is 6.03 Å². The summed E-state index contributed by atoms with van der Waals surface area (Å²) in [6, 6.07) is 9.51. The summed E-state index contributed by atoms with van der Waals surface area (Å²) in [5.74, 6) is -0.102. The number of urea groups is 1. The van der Waals surface area contributed by atoms with E-state index < -0.39 is 0 Å². The number of hydrogen-bond donors (Lipinski definition) is 1. The predicted octanol–water partition coefficient (Wildman–Crippen LogP) is 3.95. The van der Waals surface area contributed by atoms with Crippen molar-refractivity contribution in [2.45, 2.75) is 46.7 Å². The molecule has 0 bridgehead atoms. The van der Waals surface area contributed by atoms with Crippen LogP contribution in [0.5, 0.6) is 0 Å². The fraction of sp³-hybridized carbons (Fsp3) is 0.500. The molecule has 2 rings (SSSR count). The molecular weight excluding hydrogens is 392 g/mol.